The third-order valence-corrected chi connectivity index (χ3v) is 14.7. The lowest BCUT2D eigenvalue weighted by Crippen LogP contribution is -2.50. The summed E-state index contributed by atoms with van der Waals surface area (Å²) in [6, 6.07) is -19.3. The Hall–Kier alpha value is -7.48. The van der Waals surface area contributed by atoms with Gasteiger partial charge in [0.05, 0.1) is 39.8 Å². The van der Waals surface area contributed by atoms with E-state index in [1.54, 1.807) is 6.92 Å². The molecule has 1 nitrogen and oxygen atoms in total. The van der Waals surface area contributed by atoms with Crippen LogP contribution in [0.4, 0.5) is 0 Å². The van der Waals surface area contributed by atoms with Crippen molar-refractivity contribution in [2.45, 2.75) is 94.4 Å². The summed E-state index contributed by atoms with van der Waals surface area (Å²) in [5, 5.41) is -1.79. The first kappa shape index (κ1) is 24.5. The summed E-state index contributed by atoms with van der Waals surface area (Å²) in [4.78, 5) is 0. The summed E-state index contributed by atoms with van der Waals surface area (Å²) in [6.07, 6.45) is 0. The molecule has 0 amide bonds. The zero-order valence-corrected chi connectivity index (χ0v) is 42.5. The Morgan fingerprint density at radius 3 is 1.86 bits per heavy atom. The van der Waals surface area contributed by atoms with Gasteiger partial charge in [0.2, 0.25) is 0 Å². The van der Waals surface area contributed by atoms with Crippen LogP contribution >= 0.6 is 0 Å². The second kappa shape index (κ2) is 16.8. The Balaban J connectivity index is 1.33. The summed E-state index contributed by atoms with van der Waals surface area (Å²) in [5.41, 5.74) is -7.98. The molecule has 1 heterocycles. The molecule has 360 valence electrons. The van der Waals surface area contributed by atoms with E-state index < -0.39 is 230 Å². The minimum Gasteiger partial charge on any atom is -0.455 e. The van der Waals surface area contributed by atoms with Crippen molar-refractivity contribution in [2.24, 2.45) is 10.8 Å². The van der Waals surface area contributed by atoms with E-state index in [0.29, 0.717) is 5.56 Å². The van der Waals surface area contributed by atoms with Gasteiger partial charge < -0.3 is 4.42 Å². The second-order valence-corrected chi connectivity index (χ2v) is 21.1. The van der Waals surface area contributed by atoms with Gasteiger partial charge in [0, 0.05) is 33.1 Å². The molecule has 1 aromatic heterocycles. The fourth-order valence-corrected chi connectivity index (χ4v) is 12.1. The Morgan fingerprint density at radius 2 is 1.11 bits per heavy atom. The molecule has 10 aromatic carbocycles. The van der Waals surface area contributed by atoms with E-state index >= 15 is 0 Å². The van der Waals surface area contributed by atoms with Gasteiger partial charge in [0.25, 0.3) is 0 Å². The topological polar surface area (TPSA) is 13.1 Å². The first-order valence-corrected chi connectivity index (χ1v) is 24.0. The van der Waals surface area contributed by atoms with Gasteiger partial charge in [-0.1, -0.05) is 211 Å². The lowest BCUT2D eigenvalue weighted by atomic mass is 9.49. The molecule has 0 saturated carbocycles. The van der Waals surface area contributed by atoms with Gasteiger partial charge >= 0.3 is 0 Å². The van der Waals surface area contributed by atoms with Crippen molar-refractivity contribution in [3.05, 3.63) is 236 Å². The molecule has 0 radical (unpaired) electrons. The predicted molar refractivity (Wildman–Crippen MR) is 312 cm³/mol. The highest BCUT2D eigenvalue weighted by Gasteiger charge is 2.58. The molecule has 0 saturated heterocycles. The maximum absolute atomic E-state index is 11.1. The second-order valence-electron chi connectivity index (χ2n) is 21.1. The van der Waals surface area contributed by atoms with Crippen molar-refractivity contribution < 1.29 is 44.2 Å². The molecule has 0 bridgehead atoms. The van der Waals surface area contributed by atoms with Crippen LogP contribution in [0.25, 0.3) is 88.0 Å². The van der Waals surface area contributed by atoms with Crippen molar-refractivity contribution in [1.82, 2.24) is 0 Å². The smallest absolute Gasteiger partial charge is 0.143 e. The van der Waals surface area contributed by atoms with Gasteiger partial charge in [-0.25, -0.2) is 0 Å². The van der Waals surface area contributed by atoms with Gasteiger partial charge in [0.1, 0.15) is 11.2 Å². The summed E-state index contributed by atoms with van der Waals surface area (Å²) in [5.74, 6) is -2.04. The van der Waals surface area contributed by atoms with Crippen LogP contribution in [0.3, 0.4) is 0 Å². The number of furan rings is 1. The van der Waals surface area contributed by atoms with Crippen LogP contribution in [0.15, 0.2) is 180 Å². The molecule has 1 unspecified atom stereocenters. The van der Waals surface area contributed by atoms with E-state index in [1.165, 1.54) is 34.6 Å². The van der Waals surface area contributed by atoms with Crippen LogP contribution < -0.4 is 0 Å². The standard InChI is InChI=1S/C72H66O/c1-42-37-60-65-47(6)64(53-34-31-50(39-45(53)4)48-22-14-13-15-23-48)57-26-18-19-27-59(57)69(65)73-68(60)61(38-42)66(54-35-32-51(40-46(54)5)63-43(2)29-30-49-24-16-17-25-55(49)63)52-33-36-56-58-28-20-21-44(3)67(58)72(62(56)41-52,70(7,8)9)71(10,11)12/h13-41,66H,1-12H3/i13D,14D,15D,16D,17D,18D,19D,20D,21D,22D,23D,24D,25D,26D,27D,28D,29D,30D,31D,32D,33D,34D,35D,36D,37D,38D,39D,40D,41D. The van der Waals surface area contributed by atoms with Crippen LogP contribution in [0, 0.1) is 52.4 Å². The molecule has 1 aliphatic rings. The van der Waals surface area contributed by atoms with Crippen LogP contribution in [0.1, 0.15) is 148 Å². The number of benzene rings is 10. The average Bonchev–Trinajstić information content (AvgIpc) is 1.49. The van der Waals surface area contributed by atoms with Crippen molar-refractivity contribution in [3.8, 4) is 44.5 Å². The molecule has 73 heavy (non-hydrogen) atoms. The Bertz CT molecular complexity index is 5680. The average molecular weight is 976 g/mol. The van der Waals surface area contributed by atoms with Crippen molar-refractivity contribution in [1.29, 1.82) is 0 Å². The van der Waals surface area contributed by atoms with E-state index in [-0.39, 0.29) is 111 Å². The molecule has 1 aliphatic carbocycles. The number of fused-ring (bicyclic) bond motifs is 9. The normalized spacial score (nSPS) is 19.4. The Labute approximate surface area is 473 Å². The summed E-state index contributed by atoms with van der Waals surface area (Å²) in [6.45, 7) is 19.8. The number of rotatable bonds is 6. The minimum absolute atomic E-state index is 0.00710. The van der Waals surface area contributed by atoms with Crippen molar-refractivity contribution in [2.75, 3.05) is 0 Å². The van der Waals surface area contributed by atoms with Gasteiger partial charge in [0.15, 0.2) is 0 Å². The van der Waals surface area contributed by atoms with E-state index in [9.17, 15) is 21.9 Å². The van der Waals surface area contributed by atoms with Gasteiger partial charge in [-0.05, 0) is 175 Å². The number of hydrogen-bond acceptors (Lipinski definition) is 1. The minimum atomic E-state index is -2.04. The lowest BCUT2D eigenvalue weighted by Gasteiger charge is -2.53. The van der Waals surface area contributed by atoms with Crippen LogP contribution in [-0.4, -0.2) is 0 Å². The van der Waals surface area contributed by atoms with E-state index in [1.807, 2.05) is 41.5 Å². The predicted octanol–water partition coefficient (Wildman–Crippen LogP) is 20.3. The van der Waals surface area contributed by atoms with E-state index in [2.05, 4.69) is 0 Å². The first-order chi connectivity index (χ1) is 47.1. The molecule has 1 heteroatoms. The fourth-order valence-electron chi connectivity index (χ4n) is 12.1. The highest BCUT2D eigenvalue weighted by molar-refractivity contribution is 6.22. The Kier molecular flexibility index (Phi) is 5.63. The molecule has 0 aliphatic heterocycles. The maximum atomic E-state index is 11.1. The third-order valence-electron chi connectivity index (χ3n) is 14.7. The fraction of sp³-hybridized carbons (Fsp3) is 0.222. The molecule has 0 fully saturated rings. The summed E-state index contributed by atoms with van der Waals surface area (Å²) in [7, 11) is 0. The monoisotopic (exact) mass is 976 g/mol. The quantitative estimate of drug-likeness (QED) is 0.151. The third kappa shape index (κ3) is 6.95. The van der Waals surface area contributed by atoms with Crippen molar-refractivity contribution in [3.63, 3.8) is 0 Å². The van der Waals surface area contributed by atoms with Gasteiger partial charge in [-0.2, -0.15) is 0 Å². The van der Waals surface area contributed by atoms with Crippen LogP contribution in [0.2, 0.25) is 0 Å². The lowest BCUT2D eigenvalue weighted by molar-refractivity contribution is 0.0943. The largest absolute Gasteiger partial charge is 0.455 e. The van der Waals surface area contributed by atoms with Crippen molar-refractivity contribution >= 4 is 43.5 Å². The molecular formula is C72H66O. The molecule has 11 aromatic rings. The van der Waals surface area contributed by atoms with Crippen LogP contribution in [0.5, 0.6) is 0 Å². The van der Waals surface area contributed by atoms with E-state index in [0.717, 1.165) is 0 Å². The molecule has 0 N–H and O–H groups in total. The summed E-state index contributed by atoms with van der Waals surface area (Å²) >= 11 is 0. The Morgan fingerprint density at radius 1 is 0.438 bits per heavy atom. The first-order valence-electron chi connectivity index (χ1n) is 38.5. The maximum Gasteiger partial charge on any atom is 0.143 e. The number of hydrogen-bond donors (Lipinski definition) is 0. The van der Waals surface area contributed by atoms with E-state index in [4.69, 9.17) is 22.2 Å². The highest BCUT2D eigenvalue weighted by atomic mass is 16.3. The molecule has 0 spiro atoms. The molecule has 12 rings (SSSR count). The van der Waals surface area contributed by atoms with Crippen LogP contribution in [-0.2, 0) is 5.41 Å². The molecular weight excluding hydrogens is 881 g/mol. The summed E-state index contributed by atoms with van der Waals surface area (Å²) < 4.78 is 282. The zero-order valence-electron chi connectivity index (χ0n) is 71.5. The van der Waals surface area contributed by atoms with Gasteiger partial charge in [-0.15, -0.1) is 0 Å². The SMILES string of the molecule is [2H]c1c([2H])c([2H])c(-c2c([2H])c([2H])c(-c3c(C)c4c(oc5c(C(c6c([2H])c([2H])c7c(c6[2H])C(C(C)(C)C)(C(C)(C)C)c6c(C)c([2H])c([2H])c([2H])c6-7)c6c([2H])c([2H])c(-c7c(C)c([2H])c([2H])c8c([2H])c([2H])c([2H])c([2H])c78)c([2H])c6C)c([2H])c(C)c([2H])c54)c4c([2H])c([2H])c([2H])c([2H])c34)c(C)c2[2H])c([2H])c1[2H]. The van der Waals surface area contributed by atoms with Gasteiger partial charge in [-0.3, -0.25) is 0 Å². The zero-order chi connectivity index (χ0) is 76.1. The molecule has 1 atom stereocenters. The highest BCUT2D eigenvalue weighted by Crippen LogP contribution is 2.66. The number of aryl methyl sites for hydroxylation is 1.